The van der Waals surface area contributed by atoms with E-state index in [0.29, 0.717) is 18.0 Å². The number of benzene rings is 1. The number of furan rings is 1. The van der Waals surface area contributed by atoms with E-state index in [0.717, 1.165) is 36.3 Å². The summed E-state index contributed by atoms with van der Waals surface area (Å²) in [4.78, 5) is 2.27. The Hall–Kier alpha value is -2.06. The second-order valence-corrected chi connectivity index (χ2v) is 9.21. The van der Waals surface area contributed by atoms with E-state index >= 15 is 0 Å². The Morgan fingerprint density at radius 1 is 1.25 bits per heavy atom. The lowest BCUT2D eigenvalue weighted by molar-refractivity contribution is -0.0887. The molecule has 1 aliphatic rings. The summed E-state index contributed by atoms with van der Waals surface area (Å²) in [5.74, 6) is 2.38. The summed E-state index contributed by atoms with van der Waals surface area (Å²) in [6.07, 6.45) is 2.70. The number of aliphatic hydroxyl groups excluding tert-OH is 1. The van der Waals surface area contributed by atoms with Crippen molar-refractivity contribution in [1.82, 2.24) is 10.2 Å². The number of likely N-dealkylation sites (N-methyl/N-ethyl adjacent to an activating group) is 1. The molecule has 178 valence electrons. The van der Waals surface area contributed by atoms with Crippen LogP contribution in [0.25, 0.3) is 0 Å². The molecule has 0 aliphatic carbocycles. The number of methoxy groups -OCH3 is 2. The van der Waals surface area contributed by atoms with Gasteiger partial charge in [0.1, 0.15) is 11.9 Å². The van der Waals surface area contributed by atoms with Crippen molar-refractivity contribution in [2.75, 3.05) is 34.4 Å². The fraction of sp³-hybridized carbons (Fsp3) is 0.600. The lowest BCUT2D eigenvalue weighted by Crippen LogP contribution is -2.50. The molecule has 7 heteroatoms. The molecule has 3 rings (SSSR count). The number of aryl methyl sites for hydroxylation is 1. The van der Waals surface area contributed by atoms with Gasteiger partial charge in [0.15, 0.2) is 11.5 Å². The molecule has 1 aliphatic heterocycles. The second kappa shape index (κ2) is 10.7. The van der Waals surface area contributed by atoms with Crippen LogP contribution in [-0.4, -0.2) is 62.1 Å². The number of ether oxygens (including phenoxy) is 3. The molecule has 3 unspecified atom stereocenters. The topological polar surface area (TPSA) is 76.3 Å². The molecule has 0 saturated heterocycles. The fourth-order valence-electron chi connectivity index (χ4n) is 4.17. The van der Waals surface area contributed by atoms with Crippen molar-refractivity contribution in [2.24, 2.45) is 0 Å². The standard InChI is InChI=1S/C25H38N2O5/c1-17(9-10-20-8-7-11-31-20)26-14-19(28)16-32-24-21-13-23(30-6)22(29-5)12-18(21)15-27(4)25(24,2)3/h7-8,11-13,17,19,24,26,28H,9-10,14-16H2,1-6H3. The summed E-state index contributed by atoms with van der Waals surface area (Å²) in [5.41, 5.74) is 1.99. The number of aliphatic hydroxyl groups is 1. The van der Waals surface area contributed by atoms with E-state index in [9.17, 15) is 5.11 Å². The summed E-state index contributed by atoms with van der Waals surface area (Å²) in [7, 11) is 5.38. The highest BCUT2D eigenvalue weighted by molar-refractivity contribution is 5.50. The van der Waals surface area contributed by atoms with Crippen LogP contribution in [0.1, 0.15) is 50.2 Å². The van der Waals surface area contributed by atoms with E-state index in [-0.39, 0.29) is 24.3 Å². The SMILES string of the molecule is COc1cc2c(cc1OC)C(OCC(O)CNC(C)CCc1ccco1)C(C)(C)N(C)C2. The van der Waals surface area contributed by atoms with Crippen molar-refractivity contribution in [3.05, 3.63) is 47.4 Å². The van der Waals surface area contributed by atoms with Crippen molar-refractivity contribution in [3.8, 4) is 11.5 Å². The maximum atomic E-state index is 10.6. The van der Waals surface area contributed by atoms with E-state index in [1.165, 1.54) is 0 Å². The minimum atomic E-state index is -0.604. The molecule has 1 aromatic heterocycles. The molecule has 32 heavy (non-hydrogen) atoms. The molecular weight excluding hydrogens is 408 g/mol. The van der Waals surface area contributed by atoms with Gasteiger partial charge < -0.3 is 29.1 Å². The van der Waals surface area contributed by atoms with Crippen LogP contribution in [0.2, 0.25) is 0 Å². The Kier molecular flexibility index (Phi) is 8.22. The molecule has 2 aromatic rings. The lowest BCUT2D eigenvalue weighted by Gasteiger charge is -2.47. The van der Waals surface area contributed by atoms with Crippen LogP contribution >= 0.6 is 0 Å². The minimum absolute atomic E-state index is 0.206. The molecule has 0 saturated carbocycles. The van der Waals surface area contributed by atoms with Gasteiger partial charge in [0, 0.05) is 31.1 Å². The zero-order valence-corrected chi connectivity index (χ0v) is 20.2. The predicted molar refractivity (Wildman–Crippen MR) is 124 cm³/mol. The van der Waals surface area contributed by atoms with Crippen LogP contribution in [0.3, 0.4) is 0 Å². The summed E-state index contributed by atoms with van der Waals surface area (Å²) in [5, 5.41) is 14.0. The third-order valence-corrected chi connectivity index (χ3v) is 6.52. The highest BCUT2D eigenvalue weighted by atomic mass is 16.5. The summed E-state index contributed by atoms with van der Waals surface area (Å²) >= 11 is 0. The number of hydrogen-bond acceptors (Lipinski definition) is 7. The first kappa shape index (κ1) is 24.6. The highest BCUT2D eigenvalue weighted by Gasteiger charge is 2.41. The zero-order chi connectivity index (χ0) is 23.3. The van der Waals surface area contributed by atoms with Gasteiger partial charge in [0.2, 0.25) is 0 Å². The van der Waals surface area contributed by atoms with Crippen LogP contribution < -0.4 is 14.8 Å². The van der Waals surface area contributed by atoms with Crippen molar-refractivity contribution in [2.45, 2.75) is 63.9 Å². The molecule has 3 atom stereocenters. The van der Waals surface area contributed by atoms with Crippen LogP contribution in [0, 0.1) is 0 Å². The van der Waals surface area contributed by atoms with E-state index in [4.69, 9.17) is 18.6 Å². The predicted octanol–water partition coefficient (Wildman–Crippen LogP) is 3.55. The first-order chi connectivity index (χ1) is 15.3. The third-order valence-electron chi connectivity index (χ3n) is 6.52. The van der Waals surface area contributed by atoms with E-state index in [2.05, 4.69) is 38.0 Å². The maximum absolute atomic E-state index is 10.6. The van der Waals surface area contributed by atoms with Gasteiger partial charge in [0.25, 0.3) is 0 Å². The number of rotatable bonds is 11. The van der Waals surface area contributed by atoms with Crippen LogP contribution in [0.5, 0.6) is 11.5 Å². The number of nitrogens with one attached hydrogen (secondary N) is 1. The van der Waals surface area contributed by atoms with Crippen molar-refractivity contribution >= 4 is 0 Å². The molecule has 0 fully saturated rings. The van der Waals surface area contributed by atoms with E-state index in [1.807, 2.05) is 24.3 Å². The van der Waals surface area contributed by atoms with Crippen LogP contribution in [0.15, 0.2) is 34.9 Å². The van der Waals surface area contributed by atoms with Crippen LogP contribution in [0.4, 0.5) is 0 Å². The lowest BCUT2D eigenvalue weighted by atomic mass is 9.82. The minimum Gasteiger partial charge on any atom is -0.493 e. The number of fused-ring (bicyclic) bond motifs is 1. The van der Waals surface area contributed by atoms with E-state index < -0.39 is 6.10 Å². The second-order valence-electron chi connectivity index (χ2n) is 9.21. The van der Waals surface area contributed by atoms with Gasteiger partial charge >= 0.3 is 0 Å². The highest BCUT2D eigenvalue weighted by Crippen LogP contribution is 2.44. The Morgan fingerprint density at radius 2 is 1.97 bits per heavy atom. The van der Waals surface area contributed by atoms with Gasteiger partial charge in [-0.15, -0.1) is 0 Å². The average Bonchev–Trinajstić information content (AvgIpc) is 3.29. The first-order valence-electron chi connectivity index (χ1n) is 11.3. The fourth-order valence-corrected chi connectivity index (χ4v) is 4.17. The van der Waals surface area contributed by atoms with Gasteiger partial charge in [0.05, 0.1) is 33.2 Å². The van der Waals surface area contributed by atoms with Crippen LogP contribution in [-0.2, 0) is 17.7 Å². The average molecular weight is 447 g/mol. The number of nitrogens with zero attached hydrogens (tertiary/aromatic N) is 1. The normalized spacial score (nSPS) is 19.9. The Labute approximate surface area is 191 Å². The van der Waals surface area contributed by atoms with Gasteiger partial charge in [-0.3, -0.25) is 4.90 Å². The largest absolute Gasteiger partial charge is 0.493 e. The van der Waals surface area contributed by atoms with Crippen molar-refractivity contribution in [1.29, 1.82) is 0 Å². The Bertz CT molecular complexity index is 852. The Balaban J connectivity index is 1.60. The Morgan fingerprint density at radius 3 is 2.62 bits per heavy atom. The van der Waals surface area contributed by atoms with Gasteiger partial charge in [-0.1, -0.05) is 0 Å². The van der Waals surface area contributed by atoms with Crippen molar-refractivity contribution in [3.63, 3.8) is 0 Å². The molecule has 2 N–H and O–H groups in total. The molecule has 0 spiro atoms. The van der Waals surface area contributed by atoms with Crippen molar-refractivity contribution < 1.29 is 23.7 Å². The van der Waals surface area contributed by atoms with Gasteiger partial charge in [-0.2, -0.15) is 0 Å². The molecule has 0 amide bonds. The zero-order valence-electron chi connectivity index (χ0n) is 20.2. The smallest absolute Gasteiger partial charge is 0.161 e. The molecular formula is C25H38N2O5. The molecule has 1 aromatic carbocycles. The molecule has 7 nitrogen and oxygen atoms in total. The maximum Gasteiger partial charge on any atom is 0.161 e. The van der Waals surface area contributed by atoms with Gasteiger partial charge in [-0.05, 0) is 69.6 Å². The van der Waals surface area contributed by atoms with E-state index in [1.54, 1.807) is 20.5 Å². The quantitative estimate of drug-likeness (QED) is 0.547. The molecule has 0 radical (unpaired) electrons. The monoisotopic (exact) mass is 446 g/mol. The summed E-state index contributed by atoms with van der Waals surface area (Å²) < 4.78 is 22.7. The number of hydrogen-bond donors (Lipinski definition) is 2. The molecule has 2 heterocycles. The summed E-state index contributed by atoms with van der Waals surface area (Å²) in [6.45, 7) is 7.96. The first-order valence-corrected chi connectivity index (χ1v) is 11.3. The summed E-state index contributed by atoms with van der Waals surface area (Å²) in [6, 6.07) is 8.19. The third kappa shape index (κ3) is 5.64. The van der Waals surface area contributed by atoms with Gasteiger partial charge in [-0.25, -0.2) is 0 Å². The molecule has 0 bridgehead atoms.